The average molecular weight is 276 g/mol. The first kappa shape index (κ1) is 14.9. The van der Waals surface area contributed by atoms with Gasteiger partial charge in [-0.25, -0.2) is 17.5 Å². The van der Waals surface area contributed by atoms with E-state index in [1.807, 2.05) is 6.92 Å². The number of nitrogens with two attached hydrogens (primary N) is 1. The molecule has 0 atom stereocenters. The topological polar surface area (TPSA) is 81.4 Å². The summed E-state index contributed by atoms with van der Waals surface area (Å²) in [6.07, 6.45) is 0.560. The highest BCUT2D eigenvalue weighted by Gasteiger charge is 2.14. The highest BCUT2D eigenvalue weighted by molar-refractivity contribution is 7.89. The van der Waals surface area contributed by atoms with Crippen LogP contribution >= 0.6 is 0 Å². The van der Waals surface area contributed by atoms with E-state index in [2.05, 4.69) is 4.72 Å². The first-order valence-electron chi connectivity index (χ1n) is 5.60. The summed E-state index contributed by atoms with van der Waals surface area (Å²) in [6, 6.07) is 3.40. The molecule has 0 unspecified atom stereocenters. The smallest absolute Gasteiger partial charge is 0.240 e. The quantitative estimate of drug-likeness (QED) is 0.577. The number of nitrogens with one attached hydrogen (secondary N) is 1. The van der Waals surface area contributed by atoms with Gasteiger partial charge in [-0.05, 0) is 31.5 Å². The van der Waals surface area contributed by atoms with Gasteiger partial charge in [0.2, 0.25) is 10.0 Å². The van der Waals surface area contributed by atoms with Crippen LogP contribution < -0.4 is 10.5 Å². The molecule has 0 saturated carbocycles. The average Bonchev–Trinajstić information content (AvgIpc) is 2.32. The molecule has 0 aliphatic heterocycles. The molecule has 18 heavy (non-hydrogen) atoms. The van der Waals surface area contributed by atoms with Gasteiger partial charge in [-0.2, -0.15) is 0 Å². The molecular formula is C11H17FN2O3S. The maximum atomic E-state index is 13.2. The zero-order valence-corrected chi connectivity index (χ0v) is 11.0. The van der Waals surface area contributed by atoms with Crippen LogP contribution in [0.2, 0.25) is 0 Å². The van der Waals surface area contributed by atoms with Crippen molar-refractivity contribution < 1.29 is 17.5 Å². The molecule has 0 fully saturated rings. The van der Waals surface area contributed by atoms with E-state index < -0.39 is 15.8 Å². The molecule has 1 aromatic rings. The highest BCUT2D eigenvalue weighted by atomic mass is 32.2. The summed E-state index contributed by atoms with van der Waals surface area (Å²) in [6.45, 7) is 3.18. The van der Waals surface area contributed by atoms with E-state index in [1.165, 1.54) is 12.1 Å². The Morgan fingerprint density at radius 2 is 2.17 bits per heavy atom. The predicted octanol–water partition coefficient (Wildman–Crippen LogP) is 1.11. The molecule has 0 heterocycles. The second kappa shape index (κ2) is 6.67. The van der Waals surface area contributed by atoms with Crippen molar-refractivity contribution in [3.05, 3.63) is 24.0 Å². The second-order valence-corrected chi connectivity index (χ2v) is 5.40. The zero-order valence-electron chi connectivity index (χ0n) is 10.1. The van der Waals surface area contributed by atoms with Gasteiger partial charge in [0.25, 0.3) is 0 Å². The van der Waals surface area contributed by atoms with Crippen LogP contribution in [0.3, 0.4) is 0 Å². The SMILES string of the molecule is CCOCCCNS(=O)(=O)c1ccc(N)c(F)c1. The lowest BCUT2D eigenvalue weighted by molar-refractivity contribution is 0.146. The third-order valence-corrected chi connectivity index (χ3v) is 3.70. The third-order valence-electron chi connectivity index (χ3n) is 2.24. The Bertz CT molecular complexity index is 491. The summed E-state index contributed by atoms with van der Waals surface area (Å²) in [5, 5.41) is 0. The Labute approximate surface area is 106 Å². The van der Waals surface area contributed by atoms with Gasteiger partial charge in [0.05, 0.1) is 10.6 Å². The van der Waals surface area contributed by atoms with Gasteiger partial charge in [0.1, 0.15) is 5.82 Å². The molecule has 0 amide bonds. The molecule has 5 nitrogen and oxygen atoms in total. The molecular weight excluding hydrogens is 259 g/mol. The Balaban J connectivity index is 2.60. The molecule has 102 valence electrons. The molecule has 0 aliphatic carbocycles. The second-order valence-electron chi connectivity index (χ2n) is 3.63. The molecule has 0 aliphatic rings. The fourth-order valence-electron chi connectivity index (χ4n) is 1.28. The molecule has 0 aromatic heterocycles. The summed E-state index contributed by atoms with van der Waals surface area (Å²) >= 11 is 0. The van der Waals surface area contributed by atoms with Crippen LogP contribution in [0.5, 0.6) is 0 Å². The maximum absolute atomic E-state index is 13.2. The molecule has 1 rings (SSSR count). The zero-order chi connectivity index (χ0) is 13.6. The molecule has 0 radical (unpaired) electrons. The molecule has 0 spiro atoms. The van der Waals surface area contributed by atoms with Gasteiger partial charge < -0.3 is 10.5 Å². The van der Waals surface area contributed by atoms with Crippen LogP contribution in [0.4, 0.5) is 10.1 Å². The van der Waals surface area contributed by atoms with Gasteiger partial charge in [-0.3, -0.25) is 0 Å². The number of anilines is 1. The lowest BCUT2D eigenvalue weighted by Gasteiger charge is -2.07. The van der Waals surface area contributed by atoms with E-state index in [0.29, 0.717) is 19.6 Å². The van der Waals surface area contributed by atoms with Crippen molar-refractivity contribution in [3.8, 4) is 0 Å². The van der Waals surface area contributed by atoms with Gasteiger partial charge in [0, 0.05) is 19.8 Å². The monoisotopic (exact) mass is 276 g/mol. The van der Waals surface area contributed by atoms with Crippen LogP contribution in [-0.4, -0.2) is 28.2 Å². The van der Waals surface area contributed by atoms with Crippen LogP contribution in [0.1, 0.15) is 13.3 Å². The lowest BCUT2D eigenvalue weighted by Crippen LogP contribution is -2.25. The van der Waals surface area contributed by atoms with Crippen LogP contribution in [0.25, 0.3) is 0 Å². The maximum Gasteiger partial charge on any atom is 0.240 e. The number of ether oxygens (including phenoxy) is 1. The number of sulfonamides is 1. The molecule has 1 aromatic carbocycles. The number of benzene rings is 1. The minimum Gasteiger partial charge on any atom is -0.396 e. The number of hydrogen-bond donors (Lipinski definition) is 2. The van der Waals surface area contributed by atoms with Crippen molar-refractivity contribution in [3.63, 3.8) is 0 Å². The minimum absolute atomic E-state index is 0.0784. The first-order chi connectivity index (χ1) is 8.47. The Hall–Kier alpha value is -1.18. The summed E-state index contributed by atoms with van der Waals surface area (Å²) in [5.41, 5.74) is 5.20. The van der Waals surface area contributed by atoms with Crippen LogP contribution in [0.15, 0.2) is 23.1 Å². The van der Waals surface area contributed by atoms with Gasteiger partial charge in [-0.1, -0.05) is 0 Å². The van der Waals surface area contributed by atoms with Crippen LogP contribution in [-0.2, 0) is 14.8 Å². The van der Waals surface area contributed by atoms with Crippen molar-refractivity contribution in [1.29, 1.82) is 0 Å². The number of nitrogen functional groups attached to an aromatic ring is 1. The van der Waals surface area contributed by atoms with E-state index in [1.54, 1.807) is 0 Å². The lowest BCUT2D eigenvalue weighted by atomic mass is 10.3. The van der Waals surface area contributed by atoms with E-state index in [9.17, 15) is 12.8 Å². The Morgan fingerprint density at radius 3 is 2.78 bits per heavy atom. The molecule has 0 saturated heterocycles. The van der Waals surface area contributed by atoms with Gasteiger partial charge >= 0.3 is 0 Å². The number of hydrogen-bond acceptors (Lipinski definition) is 4. The molecule has 3 N–H and O–H groups in total. The largest absolute Gasteiger partial charge is 0.396 e. The van der Waals surface area contributed by atoms with Crippen molar-refractivity contribution >= 4 is 15.7 Å². The third kappa shape index (κ3) is 4.25. The summed E-state index contributed by atoms with van der Waals surface area (Å²) in [4.78, 5) is -0.134. The number of rotatable bonds is 7. The van der Waals surface area contributed by atoms with Crippen LogP contribution in [0, 0.1) is 5.82 Å². The standard InChI is InChI=1S/C11H17FN2O3S/c1-2-17-7-3-6-14-18(15,16)9-4-5-11(13)10(12)8-9/h4-5,8,14H,2-3,6-7,13H2,1H3. The normalized spacial score (nSPS) is 11.7. The van der Waals surface area contributed by atoms with Gasteiger partial charge in [0.15, 0.2) is 0 Å². The fourth-order valence-corrected chi connectivity index (χ4v) is 2.37. The summed E-state index contributed by atoms with van der Waals surface area (Å²) < 4.78 is 44.1. The van der Waals surface area contributed by atoms with Crippen molar-refractivity contribution in [2.24, 2.45) is 0 Å². The van der Waals surface area contributed by atoms with E-state index in [0.717, 1.165) is 6.07 Å². The van der Waals surface area contributed by atoms with Crippen molar-refractivity contribution in [1.82, 2.24) is 4.72 Å². The van der Waals surface area contributed by atoms with Gasteiger partial charge in [-0.15, -0.1) is 0 Å². The van der Waals surface area contributed by atoms with E-state index >= 15 is 0 Å². The predicted molar refractivity (Wildman–Crippen MR) is 67.1 cm³/mol. The Morgan fingerprint density at radius 1 is 1.44 bits per heavy atom. The first-order valence-corrected chi connectivity index (χ1v) is 7.08. The highest BCUT2D eigenvalue weighted by Crippen LogP contribution is 2.15. The van der Waals surface area contributed by atoms with E-state index in [4.69, 9.17) is 10.5 Å². The minimum atomic E-state index is -3.69. The summed E-state index contributed by atoms with van der Waals surface area (Å²) in [5.74, 6) is -0.743. The Kier molecular flexibility index (Phi) is 5.52. The molecule has 7 heteroatoms. The van der Waals surface area contributed by atoms with E-state index in [-0.39, 0.29) is 17.1 Å². The molecule has 0 bridgehead atoms. The van der Waals surface area contributed by atoms with Crippen molar-refractivity contribution in [2.75, 3.05) is 25.5 Å². The van der Waals surface area contributed by atoms with Crippen molar-refractivity contribution in [2.45, 2.75) is 18.2 Å². The number of halogens is 1. The fraction of sp³-hybridized carbons (Fsp3) is 0.455. The summed E-state index contributed by atoms with van der Waals surface area (Å²) in [7, 11) is -3.69.